The molecule has 0 fully saturated rings. The smallest absolute Gasteiger partial charge is 0.0790 e. The van der Waals surface area contributed by atoms with Gasteiger partial charge in [-0.1, -0.05) is 29.8 Å². The molecule has 82 valence electrons. The number of hydrogen-bond donors (Lipinski definition) is 1. The van der Waals surface area contributed by atoms with E-state index in [1.165, 1.54) is 0 Å². The van der Waals surface area contributed by atoms with Crippen LogP contribution < -0.4 is 0 Å². The minimum Gasteiger partial charge on any atom is -0.388 e. The molecule has 0 aliphatic heterocycles. The molecule has 1 aromatic rings. The van der Waals surface area contributed by atoms with Gasteiger partial charge in [-0.25, -0.2) is 0 Å². The quantitative estimate of drug-likeness (QED) is 0.591. The number of rotatable bonds is 5. The lowest BCUT2D eigenvalue weighted by Gasteiger charge is -2.11. The standard InChI is InChI=1S/C13H17ClO/c1-3-4-5-6-13(15)11-7-8-12(14)10(2)9-11/h3,7-9,13,15H,1,4-6H2,2H3. The molecule has 1 atom stereocenters. The Balaban J connectivity index is 2.61. The highest BCUT2D eigenvalue weighted by molar-refractivity contribution is 6.31. The van der Waals surface area contributed by atoms with E-state index in [0.717, 1.165) is 35.4 Å². The van der Waals surface area contributed by atoms with Gasteiger partial charge in [-0.15, -0.1) is 6.58 Å². The Bertz CT molecular complexity index is 333. The molecule has 0 saturated heterocycles. The average Bonchev–Trinajstić information content (AvgIpc) is 2.22. The zero-order valence-electron chi connectivity index (χ0n) is 9.04. The summed E-state index contributed by atoms with van der Waals surface area (Å²) in [7, 11) is 0. The number of unbranched alkanes of at least 4 members (excludes halogenated alkanes) is 1. The van der Waals surface area contributed by atoms with Gasteiger partial charge >= 0.3 is 0 Å². The van der Waals surface area contributed by atoms with Crippen LogP contribution in [0.2, 0.25) is 5.02 Å². The molecule has 0 saturated carbocycles. The summed E-state index contributed by atoms with van der Waals surface area (Å²) >= 11 is 5.92. The number of halogens is 1. The van der Waals surface area contributed by atoms with Crippen LogP contribution in [0.25, 0.3) is 0 Å². The normalized spacial score (nSPS) is 12.5. The molecule has 1 rings (SSSR count). The topological polar surface area (TPSA) is 20.2 Å². The van der Waals surface area contributed by atoms with E-state index >= 15 is 0 Å². The van der Waals surface area contributed by atoms with Crippen molar-refractivity contribution in [3.63, 3.8) is 0 Å². The molecule has 15 heavy (non-hydrogen) atoms. The average molecular weight is 225 g/mol. The Morgan fingerprint density at radius 1 is 1.53 bits per heavy atom. The third-order valence-corrected chi connectivity index (χ3v) is 2.88. The van der Waals surface area contributed by atoms with Gasteiger partial charge in [0.2, 0.25) is 0 Å². The summed E-state index contributed by atoms with van der Waals surface area (Å²) in [4.78, 5) is 0. The second-order valence-corrected chi connectivity index (χ2v) is 4.15. The van der Waals surface area contributed by atoms with Crippen LogP contribution in [0, 0.1) is 6.92 Å². The molecule has 1 N–H and O–H groups in total. The molecule has 0 spiro atoms. The van der Waals surface area contributed by atoms with Crippen molar-refractivity contribution in [2.24, 2.45) is 0 Å². The van der Waals surface area contributed by atoms with Crippen molar-refractivity contribution < 1.29 is 5.11 Å². The summed E-state index contributed by atoms with van der Waals surface area (Å²) in [6.07, 6.45) is 4.17. The van der Waals surface area contributed by atoms with Gasteiger partial charge in [0.15, 0.2) is 0 Å². The second-order valence-electron chi connectivity index (χ2n) is 3.74. The van der Waals surface area contributed by atoms with Gasteiger partial charge in [-0.2, -0.15) is 0 Å². The van der Waals surface area contributed by atoms with E-state index < -0.39 is 0 Å². The number of benzene rings is 1. The maximum atomic E-state index is 9.89. The Kier molecular flexibility index (Phi) is 4.86. The van der Waals surface area contributed by atoms with Gasteiger partial charge in [-0.3, -0.25) is 0 Å². The first-order valence-corrected chi connectivity index (χ1v) is 5.58. The summed E-state index contributed by atoms with van der Waals surface area (Å²) < 4.78 is 0. The van der Waals surface area contributed by atoms with Gasteiger partial charge in [0.05, 0.1) is 6.10 Å². The van der Waals surface area contributed by atoms with Crippen molar-refractivity contribution in [3.8, 4) is 0 Å². The molecule has 1 aromatic carbocycles. The van der Waals surface area contributed by atoms with Gasteiger partial charge < -0.3 is 5.11 Å². The molecule has 1 nitrogen and oxygen atoms in total. The van der Waals surface area contributed by atoms with Crippen molar-refractivity contribution >= 4 is 11.6 Å². The number of aliphatic hydroxyl groups excluding tert-OH is 1. The molecular weight excluding hydrogens is 208 g/mol. The summed E-state index contributed by atoms with van der Waals surface area (Å²) in [6, 6.07) is 5.66. The van der Waals surface area contributed by atoms with Crippen LogP contribution in [0.15, 0.2) is 30.9 Å². The van der Waals surface area contributed by atoms with Crippen molar-refractivity contribution in [1.29, 1.82) is 0 Å². The molecule has 0 radical (unpaired) electrons. The van der Waals surface area contributed by atoms with Crippen molar-refractivity contribution in [2.45, 2.75) is 32.3 Å². The van der Waals surface area contributed by atoms with E-state index in [2.05, 4.69) is 6.58 Å². The maximum absolute atomic E-state index is 9.89. The highest BCUT2D eigenvalue weighted by Crippen LogP contribution is 2.23. The molecule has 0 amide bonds. The van der Waals surface area contributed by atoms with Crippen LogP contribution in [0.4, 0.5) is 0 Å². The molecule has 0 aromatic heterocycles. The molecule has 0 aliphatic carbocycles. The summed E-state index contributed by atoms with van der Waals surface area (Å²) in [5, 5.41) is 10.6. The fourth-order valence-corrected chi connectivity index (χ4v) is 1.61. The molecule has 0 heterocycles. The number of aryl methyl sites for hydroxylation is 1. The predicted molar refractivity (Wildman–Crippen MR) is 65.2 cm³/mol. The number of aliphatic hydroxyl groups is 1. The third-order valence-electron chi connectivity index (χ3n) is 2.45. The Morgan fingerprint density at radius 2 is 2.27 bits per heavy atom. The van der Waals surface area contributed by atoms with Crippen LogP contribution in [0.1, 0.15) is 36.5 Å². The third kappa shape index (κ3) is 3.69. The summed E-state index contributed by atoms with van der Waals surface area (Å²) in [5.74, 6) is 0. The maximum Gasteiger partial charge on any atom is 0.0790 e. The van der Waals surface area contributed by atoms with Crippen LogP contribution in [-0.2, 0) is 0 Å². The van der Waals surface area contributed by atoms with Gasteiger partial charge in [0.1, 0.15) is 0 Å². The molecule has 0 bridgehead atoms. The highest BCUT2D eigenvalue weighted by Gasteiger charge is 2.07. The van der Waals surface area contributed by atoms with Crippen molar-refractivity contribution in [1.82, 2.24) is 0 Å². The minimum absolute atomic E-state index is 0.388. The van der Waals surface area contributed by atoms with E-state index in [-0.39, 0.29) is 6.10 Å². The molecule has 0 aliphatic rings. The zero-order chi connectivity index (χ0) is 11.3. The molecule has 1 unspecified atom stereocenters. The van der Waals surface area contributed by atoms with E-state index in [4.69, 9.17) is 11.6 Å². The van der Waals surface area contributed by atoms with Crippen LogP contribution in [0.5, 0.6) is 0 Å². The SMILES string of the molecule is C=CCCCC(O)c1ccc(Cl)c(C)c1. The fraction of sp³-hybridized carbons (Fsp3) is 0.385. The van der Waals surface area contributed by atoms with E-state index in [0.29, 0.717) is 0 Å². The summed E-state index contributed by atoms with van der Waals surface area (Å²) in [6.45, 7) is 5.60. The number of hydrogen-bond acceptors (Lipinski definition) is 1. The lowest BCUT2D eigenvalue weighted by atomic mass is 10.0. The zero-order valence-corrected chi connectivity index (χ0v) is 9.80. The first kappa shape index (κ1) is 12.3. The summed E-state index contributed by atoms with van der Waals surface area (Å²) in [5.41, 5.74) is 1.96. The molecule has 2 heteroatoms. The monoisotopic (exact) mass is 224 g/mol. The highest BCUT2D eigenvalue weighted by atomic mass is 35.5. The van der Waals surface area contributed by atoms with E-state index in [9.17, 15) is 5.11 Å². The Hall–Kier alpha value is -0.790. The Morgan fingerprint density at radius 3 is 2.87 bits per heavy atom. The Labute approximate surface area is 96.4 Å². The van der Waals surface area contributed by atoms with E-state index in [1.807, 2.05) is 31.2 Å². The van der Waals surface area contributed by atoms with Crippen LogP contribution in [0.3, 0.4) is 0 Å². The van der Waals surface area contributed by atoms with Crippen LogP contribution >= 0.6 is 11.6 Å². The van der Waals surface area contributed by atoms with Gasteiger partial charge in [0.25, 0.3) is 0 Å². The lowest BCUT2D eigenvalue weighted by molar-refractivity contribution is 0.165. The van der Waals surface area contributed by atoms with Gasteiger partial charge in [-0.05, 0) is 43.4 Å². The van der Waals surface area contributed by atoms with Crippen molar-refractivity contribution in [3.05, 3.63) is 47.0 Å². The fourth-order valence-electron chi connectivity index (χ4n) is 1.50. The largest absolute Gasteiger partial charge is 0.388 e. The first-order valence-electron chi connectivity index (χ1n) is 5.20. The van der Waals surface area contributed by atoms with Gasteiger partial charge in [0, 0.05) is 5.02 Å². The molecular formula is C13H17ClO. The first-order chi connectivity index (χ1) is 7.15. The van der Waals surface area contributed by atoms with E-state index in [1.54, 1.807) is 0 Å². The van der Waals surface area contributed by atoms with Crippen LogP contribution in [-0.4, -0.2) is 5.11 Å². The second kappa shape index (κ2) is 5.94. The predicted octanol–water partition coefficient (Wildman–Crippen LogP) is 4.04. The lowest BCUT2D eigenvalue weighted by Crippen LogP contribution is -1.97. The minimum atomic E-state index is -0.388. The van der Waals surface area contributed by atoms with Crippen molar-refractivity contribution in [2.75, 3.05) is 0 Å². The number of allylic oxidation sites excluding steroid dienone is 1.